The molecule has 178 valence electrons. The van der Waals surface area contributed by atoms with Crippen LogP contribution in [0.15, 0.2) is 30.3 Å². The Balaban J connectivity index is 1.36. The van der Waals surface area contributed by atoms with Crippen molar-refractivity contribution in [3.05, 3.63) is 35.9 Å². The van der Waals surface area contributed by atoms with E-state index in [1.165, 1.54) is 0 Å². The lowest BCUT2D eigenvalue weighted by Gasteiger charge is -2.40. The van der Waals surface area contributed by atoms with Crippen LogP contribution < -0.4 is 5.32 Å². The average Bonchev–Trinajstić information content (AvgIpc) is 2.74. The van der Waals surface area contributed by atoms with Crippen LogP contribution in [0.4, 0.5) is 14.0 Å². The molecule has 0 aromatic heterocycles. The second-order valence-corrected chi connectivity index (χ2v) is 9.87. The van der Waals surface area contributed by atoms with E-state index in [9.17, 15) is 9.59 Å². The number of halogens is 1. The fourth-order valence-electron chi connectivity index (χ4n) is 4.21. The van der Waals surface area contributed by atoms with Crippen molar-refractivity contribution < 1.29 is 23.5 Å². The molecule has 0 unspecified atom stereocenters. The van der Waals surface area contributed by atoms with Gasteiger partial charge in [-0.15, -0.1) is 0 Å². The van der Waals surface area contributed by atoms with Crippen LogP contribution in [0.2, 0.25) is 0 Å². The van der Waals surface area contributed by atoms with E-state index in [4.69, 9.17) is 9.47 Å². The smallest absolute Gasteiger partial charge is 0.410 e. The summed E-state index contributed by atoms with van der Waals surface area (Å²) in [6.45, 7) is 8.41. The number of ether oxygens (including phenoxy) is 2. The lowest BCUT2D eigenvalue weighted by Crippen LogP contribution is -2.53. The summed E-state index contributed by atoms with van der Waals surface area (Å²) in [7, 11) is 0. The fraction of sp³-hybridized carbons (Fsp3) is 0.667. The lowest BCUT2D eigenvalue weighted by atomic mass is 9.83. The maximum absolute atomic E-state index is 15.4. The zero-order chi connectivity index (χ0) is 23.2. The number of carbonyl (C=O) groups is 2. The minimum Gasteiger partial charge on any atom is -0.445 e. The molecule has 1 N–H and O–H groups in total. The molecule has 0 spiro atoms. The Morgan fingerprint density at radius 1 is 1.09 bits per heavy atom. The van der Waals surface area contributed by atoms with Gasteiger partial charge in [-0.1, -0.05) is 30.3 Å². The normalized spacial score (nSPS) is 24.6. The first-order chi connectivity index (χ1) is 15.1. The number of alkyl carbamates (subject to hydrolysis) is 1. The van der Waals surface area contributed by atoms with Crippen LogP contribution in [0, 0.1) is 0 Å². The standard InChI is InChI=1S/C24H36FN3O4/c1-23(2,3)32-21(29)26-20-9-11-24(25,12-10-20)18-27-13-15-28(16-14-27)22(30)31-17-19-7-5-4-6-8-19/h4-8,20H,9-18H2,1-3H3,(H,26,29)/t20-,24+. The highest BCUT2D eigenvalue weighted by molar-refractivity contribution is 5.68. The Morgan fingerprint density at radius 2 is 1.72 bits per heavy atom. The van der Waals surface area contributed by atoms with Gasteiger partial charge in [0.05, 0.1) is 0 Å². The maximum Gasteiger partial charge on any atom is 0.410 e. The molecule has 8 heteroatoms. The number of nitrogens with zero attached hydrogens (tertiary/aromatic N) is 2. The largest absolute Gasteiger partial charge is 0.445 e. The Kier molecular flexibility index (Phi) is 7.98. The van der Waals surface area contributed by atoms with E-state index < -0.39 is 17.4 Å². The van der Waals surface area contributed by atoms with Gasteiger partial charge in [-0.05, 0) is 52.0 Å². The van der Waals surface area contributed by atoms with Gasteiger partial charge in [0, 0.05) is 38.8 Å². The van der Waals surface area contributed by atoms with Gasteiger partial charge >= 0.3 is 12.2 Å². The molecule has 0 bridgehead atoms. The predicted molar refractivity (Wildman–Crippen MR) is 120 cm³/mol. The van der Waals surface area contributed by atoms with Gasteiger partial charge in [0.25, 0.3) is 0 Å². The summed E-state index contributed by atoms with van der Waals surface area (Å²) in [5.41, 5.74) is -0.850. The van der Waals surface area contributed by atoms with Crippen LogP contribution >= 0.6 is 0 Å². The van der Waals surface area contributed by atoms with Crippen molar-refractivity contribution in [2.45, 2.75) is 70.4 Å². The van der Waals surface area contributed by atoms with E-state index in [0.29, 0.717) is 58.4 Å². The van der Waals surface area contributed by atoms with Crippen LogP contribution in [0.25, 0.3) is 0 Å². The zero-order valence-electron chi connectivity index (χ0n) is 19.4. The topological polar surface area (TPSA) is 71.1 Å². The summed E-state index contributed by atoms with van der Waals surface area (Å²) >= 11 is 0. The molecule has 1 heterocycles. The molecule has 1 aromatic carbocycles. The minimum absolute atomic E-state index is 0.0510. The third-order valence-corrected chi connectivity index (χ3v) is 5.95. The molecule has 2 aliphatic rings. The average molecular weight is 450 g/mol. The zero-order valence-corrected chi connectivity index (χ0v) is 19.4. The van der Waals surface area contributed by atoms with Crippen LogP contribution in [-0.2, 0) is 16.1 Å². The molecular formula is C24H36FN3O4. The van der Waals surface area contributed by atoms with Gasteiger partial charge in [0.2, 0.25) is 0 Å². The van der Waals surface area contributed by atoms with Gasteiger partial charge in [-0.2, -0.15) is 0 Å². The number of alkyl halides is 1. The molecule has 1 saturated heterocycles. The Bertz CT molecular complexity index is 752. The van der Waals surface area contributed by atoms with Crippen LogP contribution in [-0.4, -0.2) is 72.0 Å². The first-order valence-corrected chi connectivity index (χ1v) is 11.5. The lowest BCUT2D eigenvalue weighted by molar-refractivity contribution is 0.0177. The van der Waals surface area contributed by atoms with Crippen molar-refractivity contribution in [1.29, 1.82) is 0 Å². The first kappa shape index (κ1) is 24.3. The minimum atomic E-state index is -1.26. The SMILES string of the molecule is CC(C)(C)OC(=O)N[C@H]1CC[C@](F)(CN2CCN(C(=O)OCc3ccccc3)CC2)CC1. The Labute approximate surface area is 190 Å². The third-order valence-electron chi connectivity index (χ3n) is 5.95. The van der Waals surface area contributed by atoms with Gasteiger partial charge in [0.1, 0.15) is 17.9 Å². The highest BCUT2D eigenvalue weighted by atomic mass is 19.1. The number of piperazine rings is 1. The van der Waals surface area contributed by atoms with Crippen molar-refractivity contribution in [3.8, 4) is 0 Å². The number of carbonyl (C=O) groups excluding carboxylic acids is 2. The summed E-state index contributed by atoms with van der Waals surface area (Å²) in [6.07, 6.45) is 1.25. The molecule has 0 atom stereocenters. The maximum atomic E-state index is 15.4. The molecule has 7 nitrogen and oxygen atoms in total. The summed E-state index contributed by atoms with van der Waals surface area (Å²) in [5, 5.41) is 2.86. The van der Waals surface area contributed by atoms with Gasteiger partial charge in [0.15, 0.2) is 0 Å². The molecule has 1 aliphatic heterocycles. The number of amides is 2. The van der Waals surface area contributed by atoms with Crippen molar-refractivity contribution in [2.24, 2.45) is 0 Å². The van der Waals surface area contributed by atoms with Gasteiger partial charge in [-0.3, -0.25) is 4.90 Å². The number of hydrogen-bond donors (Lipinski definition) is 1. The van der Waals surface area contributed by atoms with Crippen molar-refractivity contribution in [3.63, 3.8) is 0 Å². The number of benzene rings is 1. The van der Waals surface area contributed by atoms with Gasteiger partial charge in [-0.25, -0.2) is 14.0 Å². The molecule has 32 heavy (non-hydrogen) atoms. The molecular weight excluding hydrogens is 413 g/mol. The number of nitrogens with one attached hydrogen (secondary N) is 1. The summed E-state index contributed by atoms with van der Waals surface area (Å²) in [4.78, 5) is 28.0. The number of rotatable bonds is 5. The van der Waals surface area contributed by atoms with E-state index in [1.807, 2.05) is 51.1 Å². The van der Waals surface area contributed by atoms with E-state index in [2.05, 4.69) is 10.2 Å². The van der Waals surface area contributed by atoms with Crippen molar-refractivity contribution >= 4 is 12.2 Å². The van der Waals surface area contributed by atoms with Crippen molar-refractivity contribution in [1.82, 2.24) is 15.1 Å². The molecule has 1 saturated carbocycles. The van der Waals surface area contributed by atoms with E-state index in [-0.39, 0.29) is 18.7 Å². The van der Waals surface area contributed by atoms with E-state index >= 15 is 4.39 Å². The highest BCUT2D eigenvalue weighted by Crippen LogP contribution is 2.33. The molecule has 0 radical (unpaired) electrons. The predicted octanol–water partition coefficient (Wildman–Crippen LogP) is 4.12. The molecule has 2 fully saturated rings. The van der Waals surface area contributed by atoms with Crippen LogP contribution in [0.3, 0.4) is 0 Å². The Hall–Kier alpha value is -2.35. The molecule has 1 aromatic rings. The van der Waals surface area contributed by atoms with E-state index in [0.717, 1.165) is 5.56 Å². The number of hydrogen-bond acceptors (Lipinski definition) is 5. The summed E-state index contributed by atoms with van der Waals surface area (Å²) in [6, 6.07) is 9.54. The van der Waals surface area contributed by atoms with Crippen LogP contribution in [0.5, 0.6) is 0 Å². The fourth-order valence-corrected chi connectivity index (χ4v) is 4.21. The molecule has 3 rings (SSSR count). The monoisotopic (exact) mass is 449 g/mol. The quantitative estimate of drug-likeness (QED) is 0.732. The van der Waals surface area contributed by atoms with Crippen molar-refractivity contribution in [2.75, 3.05) is 32.7 Å². The second kappa shape index (κ2) is 10.5. The van der Waals surface area contributed by atoms with Gasteiger partial charge < -0.3 is 19.7 Å². The van der Waals surface area contributed by atoms with E-state index in [1.54, 1.807) is 4.90 Å². The second-order valence-electron chi connectivity index (χ2n) is 9.87. The highest BCUT2D eigenvalue weighted by Gasteiger charge is 2.38. The summed E-state index contributed by atoms with van der Waals surface area (Å²) < 4.78 is 26.1. The van der Waals surface area contributed by atoms with Crippen LogP contribution in [0.1, 0.15) is 52.0 Å². The first-order valence-electron chi connectivity index (χ1n) is 11.5. The summed E-state index contributed by atoms with van der Waals surface area (Å²) in [5.74, 6) is 0. The molecule has 2 amide bonds. The third kappa shape index (κ3) is 7.65. The molecule has 1 aliphatic carbocycles. The Morgan fingerprint density at radius 3 is 2.31 bits per heavy atom.